The van der Waals surface area contributed by atoms with E-state index in [0.717, 1.165) is 16.5 Å². The minimum absolute atomic E-state index is 0.132. The largest absolute Gasteiger partial charge is 0.493 e. The maximum absolute atomic E-state index is 12.9. The van der Waals surface area contributed by atoms with Gasteiger partial charge in [0.15, 0.2) is 11.5 Å². The molecule has 1 saturated heterocycles. The van der Waals surface area contributed by atoms with Crippen LogP contribution in [0.5, 0.6) is 17.2 Å². The van der Waals surface area contributed by atoms with E-state index in [1.54, 1.807) is 50.5 Å². The van der Waals surface area contributed by atoms with E-state index in [4.69, 9.17) is 14.2 Å². The molecule has 7 nitrogen and oxygen atoms in total. The number of amides is 2. The van der Waals surface area contributed by atoms with E-state index in [1.165, 1.54) is 0 Å². The molecule has 30 heavy (non-hydrogen) atoms. The third-order valence-electron chi connectivity index (χ3n) is 5.10. The van der Waals surface area contributed by atoms with Crippen molar-refractivity contribution in [2.75, 3.05) is 27.9 Å². The van der Waals surface area contributed by atoms with E-state index in [0.29, 0.717) is 35.8 Å². The molecule has 1 atom stereocenters. The zero-order valence-electron chi connectivity index (χ0n) is 17.2. The van der Waals surface area contributed by atoms with Crippen LogP contribution in [0, 0.1) is 0 Å². The monoisotopic (exact) mass is 476 g/mol. The Balaban J connectivity index is 1.69. The predicted molar refractivity (Wildman–Crippen MR) is 116 cm³/mol. The zero-order valence-corrected chi connectivity index (χ0v) is 18.8. The highest BCUT2D eigenvalue weighted by molar-refractivity contribution is 9.10. The maximum atomic E-state index is 12.9. The van der Waals surface area contributed by atoms with Crippen LogP contribution < -0.4 is 19.5 Å². The highest BCUT2D eigenvalue weighted by Crippen LogP contribution is 2.38. The predicted octanol–water partition coefficient (Wildman–Crippen LogP) is 3.40. The molecule has 8 heteroatoms. The number of hydrogen-bond donors (Lipinski definition) is 1. The van der Waals surface area contributed by atoms with Crippen molar-refractivity contribution >= 4 is 27.7 Å². The van der Waals surface area contributed by atoms with Crippen LogP contribution in [0.25, 0.3) is 0 Å². The summed E-state index contributed by atoms with van der Waals surface area (Å²) in [5.41, 5.74) is 1.38. The van der Waals surface area contributed by atoms with Gasteiger partial charge < -0.3 is 24.4 Å². The Hall–Kier alpha value is -2.74. The number of likely N-dealkylation sites (tertiary alicyclic amines) is 1. The Kier molecular flexibility index (Phi) is 7.20. The van der Waals surface area contributed by atoms with Crippen molar-refractivity contribution in [1.82, 2.24) is 10.2 Å². The van der Waals surface area contributed by atoms with Gasteiger partial charge in [0.25, 0.3) is 5.91 Å². The summed E-state index contributed by atoms with van der Waals surface area (Å²) in [5.74, 6) is 1.24. The topological polar surface area (TPSA) is 77.1 Å². The molecule has 2 aromatic rings. The molecule has 0 aliphatic carbocycles. The highest BCUT2D eigenvalue weighted by Gasteiger charge is 2.34. The first kappa shape index (κ1) is 22.0. The van der Waals surface area contributed by atoms with Gasteiger partial charge in [0, 0.05) is 23.1 Å². The van der Waals surface area contributed by atoms with E-state index in [1.807, 2.05) is 12.1 Å². The maximum Gasteiger partial charge on any atom is 0.254 e. The highest BCUT2D eigenvalue weighted by atomic mass is 79.9. The van der Waals surface area contributed by atoms with Gasteiger partial charge in [-0.25, -0.2) is 0 Å². The minimum Gasteiger partial charge on any atom is -0.493 e. The number of methoxy groups -OCH3 is 3. The number of rotatable bonds is 7. The molecule has 2 aromatic carbocycles. The second kappa shape index (κ2) is 9.84. The van der Waals surface area contributed by atoms with Crippen LogP contribution in [0.2, 0.25) is 0 Å². The fraction of sp³-hybridized carbons (Fsp3) is 0.364. The molecule has 0 bridgehead atoms. The summed E-state index contributed by atoms with van der Waals surface area (Å²) in [6.45, 7) is 0.851. The molecule has 1 aliphatic heterocycles. The van der Waals surface area contributed by atoms with Crippen molar-refractivity contribution in [3.05, 3.63) is 52.0 Å². The van der Waals surface area contributed by atoms with Gasteiger partial charge in [0.05, 0.1) is 21.3 Å². The second-order valence-corrected chi connectivity index (χ2v) is 7.83. The van der Waals surface area contributed by atoms with Gasteiger partial charge >= 0.3 is 0 Å². The molecule has 160 valence electrons. The zero-order chi connectivity index (χ0) is 21.7. The third-order valence-corrected chi connectivity index (χ3v) is 5.63. The SMILES string of the molecule is COc1cc(CNC(=O)C2CCCN2C(=O)c2ccc(Br)cc2)cc(OC)c1OC. The van der Waals surface area contributed by atoms with E-state index in [2.05, 4.69) is 21.2 Å². The molecule has 0 aromatic heterocycles. The molecule has 1 unspecified atom stereocenters. The van der Waals surface area contributed by atoms with E-state index >= 15 is 0 Å². The summed E-state index contributed by atoms with van der Waals surface area (Å²) in [6.07, 6.45) is 1.44. The lowest BCUT2D eigenvalue weighted by atomic mass is 10.1. The molecular formula is C22H25BrN2O5. The van der Waals surface area contributed by atoms with Crippen molar-refractivity contribution in [3.63, 3.8) is 0 Å². The normalized spacial score (nSPS) is 15.6. The van der Waals surface area contributed by atoms with Gasteiger partial charge in [-0.15, -0.1) is 0 Å². The Morgan fingerprint density at radius 2 is 1.70 bits per heavy atom. The summed E-state index contributed by atoms with van der Waals surface area (Å²) in [6, 6.07) is 10.3. The Morgan fingerprint density at radius 1 is 1.07 bits per heavy atom. The average Bonchev–Trinajstić information content (AvgIpc) is 3.26. The molecule has 1 heterocycles. The van der Waals surface area contributed by atoms with Crippen LogP contribution >= 0.6 is 15.9 Å². The lowest BCUT2D eigenvalue weighted by Gasteiger charge is -2.24. The molecule has 0 radical (unpaired) electrons. The van der Waals surface area contributed by atoms with Gasteiger partial charge in [0.1, 0.15) is 6.04 Å². The first-order valence-corrected chi connectivity index (χ1v) is 10.4. The summed E-state index contributed by atoms with van der Waals surface area (Å²) < 4.78 is 16.9. The number of nitrogens with one attached hydrogen (secondary N) is 1. The smallest absolute Gasteiger partial charge is 0.254 e. The molecule has 1 N–H and O–H groups in total. The first-order valence-electron chi connectivity index (χ1n) is 9.61. The molecule has 0 saturated carbocycles. The van der Waals surface area contributed by atoms with Crippen molar-refractivity contribution in [2.24, 2.45) is 0 Å². The number of carbonyl (C=O) groups is 2. The number of carbonyl (C=O) groups excluding carboxylic acids is 2. The van der Waals surface area contributed by atoms with Crippen molar-refractivity contribution in [1.29, 1.82) is 0 Å². The Morgan fingerprint density at radius 3 is 2.27 bits per heavy atom. The fourth-order valence-corrected chi connectivity index (χ4v) is 3.85. The Labute approximate surface area is 184 Å². The second-order valence-electron chi connectivity index (χ2n) is 6.91. The van der Waals surface area contributed by atoms with E-state index in [9.17, 15) is 9.59 Å². The Bertz CT molecular complexity index is 891. The first-order chi connectivity index (χ1) is 14.5. The number of hydrogen-bond acceptors (Lipinski definition) is 5. The number of ether oxygens (including phenoxy) is 3. The van der Waals surface area contributed by atoms with Gasteiger partial charge in [0.2, 0.25) is 11.7 Å². The average molecular weight is 477 g/mol. The summed E-state index contributed by atoms with van der Waals surface area (Å²) >= 11 is 3.37. The standard InChI is InChI=1S/C22H25BrN2O5/c1-28-18-11-14(12-19(29-2)20(18)30-3)13-24-21(26)17-5-4-10-25(17)22(27)15-6-8-16(23)9-7-15/h6-9,11-12,17H,4-5,10,13H2,1-3H3,(H,24,26). The van der Waals surface area contributed by atoms with Gasteiger partial charge in [-0.1, -0.05) is 15.9 Å². The minimum atomic E-state index is -0.483. The van der Waals surface area contributed by atoms with Gasteiger partial charge in [-0.3, -0.25) is 9.59 Å². The molecular weight excluding hydrogens is 452 g/mol. The van der Waals surface area contributed by atoms with Crippen molar-refractivity contribution in [3.8, 4) is 17.2 Å². The number of benzene rings is 2. The molecule has 2 amide bonds. The van der Waals surface area contributed by atoms with Crippen LogP contribution in [0.3, 0.4) is 0 Å². The lowest BCUT2D eigenvalue weighted by molar-refractivity contribution is -0.125. The van der Waals surface area contributed by atoms with Crippen LogP contribution in [0.15, 0.2) is 40.9 Å². The summed E-state index contributed by atoms with van der Waals surface area (Å²) in [5, 5.41) is 2.93. The molecule has 3 rings (SSSR count). The van der Waals surface area contributed by atoms with Crippen LogP contribution in [-0.4, -0.2) is 50.6 Å². The lowest BCUT2D eigenvalue weighted by Crippen LogP contribution is -2.45. The summed E-state index contributed by atoms with van der Waals surface area (Å²) in [7, 11) is 4.63. The molecule has 0 spiro atoms. The third kappa shape index (κ3) is 4.70. The number of nitrogens with zero attached hydrogens (tertiary/aromatic N) is 1. The molecule has 1 fully saturated rings. The van der Waals surface area contributed by atoms with E-state index in [-0.39, 0.29) is 18.4 Å². The fourth-order valence-electron chi connectivity index (χ4n) is 3.59. The van der Waals surface area contributed by atoms with E-state index < -0.39 is 6.04 Å². The quantitative estimate of drug-likeness (QED) is 0.662. The van der Waals surface area contributed by atoms with Gasteiger partial charge in [-0.2, -0.15) is 0 Å². The molecule has 1 aliphatic rings. The van der Waals surface area contributed by atoms with Crippen LogP contribution in [0.4, 0.5) is 0 Å². The number of halogens is 1. The summed E-state index contributed by atoms with van der Waals surface area (Å²) in [4.78, 5) is 27.4. The van der Waals surface area contributed by atoms with Crippen LogP contribution in [0.1, 0.15) is 28.8 Å². The van der Waals surface area contributed by atoms with Crippen LogP contribution in [-0.2, 0) is 11.3 Å². The van der Waals surface area contributed by atoms with Crippen molar-refractivity contribution < 1.29 is 23.8 Å². The van der Waals surface area contributed by atoms with Crippen molar-refractivity contribution in [2.45, 2.75) is 25.4 Å². The van der Waals surface area contributed by atoms with Gasteiger partial charge in [-0.05, 0) is 54.8 Å².